The first-order valence-corrected chi connectivity index (χ1v) is 8.03. The van der Waals surface area contributed by atoms with Gasteiger partial charge in [-0.3, -0.25) is 4.90 Å². The van der Waals surface area contributed by atoms with E-state index < -0.39 is 0 Å². The van der Waals surface area contributed by atoms with Crippen LogP contribution in [-0.2, 0) is 0 Å². The van der Waals surface area contributed by atoms with Crippen LogP contribution in [0.4, 0.5) is 0 Å². The van der Waals surface area contributed by atoms with Gasteiger partial charge in [-0.25, -0.2) is 0 Å². The number of nitrogens with zero attached hydrogens (tertiary/aromatic N) is 1. The number of hydrogen-bond donors (Lipinski definition) is 1. The summed E-state index contributed by atoms with van der Waals surface area (Å²) in [5.74, 6) is 1.29. The largest absolute Gasteiger partial charge is 0.311 e. The smallest absolute Gasteiger partial charge is 0.0303 e. The van der Waals surface area contributed by atoms with Gasteiger partial charge in [-0.1, -0.05) is 13.8 Å². The predicted molar refractivity (Wildman–Crippen MR) is 75.3 cm³/mol. The molecule has 1 aliphatic rings. The molecular formula is C13H28N2S. The molecule has 2 unspecified atom stereocenters. The quantitative estimate of drug-likeness (QED) is 0.723. The fraction of sp³-hybridized carbons (Fsp3) is 1.00. The average Bonchev–Trinajstić information content (AvgIpc) is 2.32. The molecule has 1 rings (SSSR count). The molecule has 3 heteroatoms. The molecule has 1 aliphatic heterocycles. The van der Waals surface area contributed by atoms with Crippen molar-refractivity contribution in [3.63, 3.8) is 0 Å². The van der Waals surface area contributed by atoms with E-state index in [1.165, 1.54) is 38.1 Å². The van der Waals surface area contributed by atoms with E-state index in [1.54, 1.807) is 0 Å². The van der Waals surface area contributed by atoms with Gasteiger partial charge in [0, 0.05) is 24.7 Å². The average molecular weight is 244 g/mol. The summed E-state index contributed by atoms with van der Waals surface area (Å²) in [4.78, 5) is 2.72. The topological polar surface area (TPSA) is 15.3 Å². The van der Waals surface area contributed by atoms with Crippen molar-refractivity contribution in [2.75, 3.05) is 31.6 Å². The second-order valence-electron chi connectivity index (χ2n) is 5.13. The molecular weight excluding hydrogens is 216 g/mol. The highest BCUT2D eigenvalue weighted by Gasteiger charge is 2.35. The molecule has 0 aromatic carbocycles. The molecule has 0 spiro atoms. The van der Waals surface area contributed by atoms with Crippen molar-refractivity contribution in [3.05, 3.63) is 0 Å². The molecule has 0 bridgehead atoms. The Morgan fingerprint density at radius 1 is 1.44 bits per heavy atom. The molecule has 0 saturated carbocycles. The normalized spacial score (nSPS) is 31.9. The van der Waals surface area contributed by atoms with Gasteiger partial charge in [0.1, 0.15) is 0 Å². The molecule has 0 aliphatic carbocycles. The van der Waals surface area contributed by atoms with E-state index in [0.717, 1.165) is 6.54 Å². The van der Waals surface area contributed by atoms with Crippen LogP contribution in [0.15, 0.2) is 0 Å². The Kier molecular flexibility index (Phi) is 6.16. The monoisotopic (exact) mass is 244 g/mol. The zero-order chi connectivity index (χ0) is 12.0. The molecule has 16 heavy (non-hydrogen) atoms. The Hall–Kier alpha value is 0.270. The summed E-state index contributed by atoms with van der Waals surface area (Å²) in [6.45, 7) is 10.7. The molecule has 1 fully saturated rings. The zero-order valence-electron chi connectivity index (χ0n) is 11.4. The van der Waals surface area contributed by atoms with E-state index >= 15 is 0 Å². The van der Waals surface area contributed by atoms with Gasteiger partial charge < -0.3 is 5.32 Å². The third kappa shape index (κ3) is 3.64. The first kappa shape index (κ1) is 14.3. The summed E-state index contributed by atoms with van der Waals surface area (Å²) < 4.78 is 0. The molecule has 1 heterocycles. The van der Waals surface area contributed by atoms with Gasteiger partial charge in [-0.15, -0.1) is 0 Å². The Morgan fingerprint density at radius 2 is 2.19 bits per heavy atom. The minimum absolute atomic E-state index is 0.379. The van der Waals surface area contributed by atoms with Crippen molar-refractivity contribution in [3.8, 4) is 0 Å². The zero-order valence-corrected chi connectivity index (χ0v) is 12.2. The van der Waals surface area contributed by atoms with Gasteiger partial charge >= 0.3 is 0 Å². The SMILES string of the molecule is CCC1CN(CCCSC)C(C)(CC)CN1. The summed E-state index contributed by atoms with van der Waals surface area (Å²) in [5.41, 5.74) is 0.379. The Labute approximate surface area is 106 Å². The van der Waals surface area contributed by atoms with Crippen LogP contribution >= 0.6 is 11.8 Å². The second kappa shape index (κ2) is 6.87. The fourth-order valence-corrected chi connectivity index (χ4v) is 2.83. The second-order valence-corrected chi connectivity index (χ2v) is 6.11. The van der Waals surface area contributed by atoms with Crippen LogP contribution in [0.2, 0.25) is 0 Å². The highest BCUT2D eigenvalue weighted by molar-refractivity contribution is 7.98. The van der Waals surface area contributed by atoms with Crippen LogP contribution < -0.4 is 5.32 Å². The number of hydrogen-bond acceptors (Lipinski definition) is 3. The van der Waals surface area contributed by atoms with E-state index in [9.17, 15) is 0 Å². The molecule has 0 amide bonds. The number of piperazine rings is 1. The lowest BCUT2D eigenvalue weighted by Crippen LogP contribution is -2.63. The van der Waals surface area contributed by atoms with Crippen molar-refractivity contribution < 1.29 is 0 Å². The molecule has 1 saturated heterocycles. The summed E-state index contributed by atoms with van der Waals surface area (Å²) in [5, 5.41) is 3.68. The molecule has 0 aromatic rings. The van der Waals surface area contributed by atoms with Gasteiger partial charge in [0.05, 0.1) is 0 Å². The summed E-state index contributed by atoms with van der Waals surface area (Å²) >= 11 is 1.96. The van der Waals surface area contributed by atoms with Crippen molar-refractivity contribution >= 4 is 11.8 Å². The lowest BCUT2D eigenvalue weighted by atomic mass is 9.91. The van der Waals surface area contributed by atoms with E-state index in [0.29, 0.717) is 11.6 Å². The Morgan fingerprint density at radius 3 is 2.75 bits per heavy atom. The van der Waals surface area contributed by atoms with E-state index in [1.807, 2.05) is 11.8 Å². The minimum atomic E-state index is 0.379. The molecule has 2 nitrogen and oxygen atoms in total. The molecule has 2 atom stereocenters. The van der Waals surface area contributed by atoms with Crippen LogP contribution in [0, 0.1) is 0 Å². The third-order valence-corrected chi connectivity index (χ3v) is 4.70. The summed E-state index contributed by atoms with van der Waals surface area (Å²) in [6, 6.07) is 0.703. The third-order valence-electron chi connectivity index (χ3n) is 4.01. The highest BCUT2D eigenvalue weighted by atomic mass is 32.2. The number of nitrogens with one attached hydrogen (secondary N) is 1. The summed E-state index contributed by atoms with van der Waals surface area (Å²) in [6.07, 6.45) is 6.02. The van der Waals surface area contributed by atoms with Crippen LogP contribution in [0.5, 0.6) is 0 Å². The van der Waals surface area contributed by atoms with Crippen molar-refractivity contribution in [1.82, 2.24) is 10.2 Å². The van der Waals surface area contributed by atoms with E-state index in [2.05, 4.69) is 37.2 Å². The number of thioether (sulfide) groups is 1. The van der Waals surface area contributed by atoms with Gasteiger partial charge in [0.25, 0.3) is 0 Å². The van der Waals surface area contributed by atoms with Crippen molar-refractivity contribution in [1.29, 1.82) is 0 Å². The van der Waals surface area contributed by atoms with Gasteiger partial charge in [0.15, 0.2) is 0 Å². The Balaban J connectivity index is 2.50. The minimum Gasteiger partial charge on any atom is -0.311 e. The Bertz CT molecular complexity index is 198. The fourth-order valence-electron chi connectivity index (χ4n) is 2.41. The van der Waals surface area contributed by atoms with E-state index in [4.69, 9.17) is 0 Å². The van der Waals surface area contributed by atoms with Crippen molar-refractivity contribution in [2.45, 2.75) is 51.6 Å². The van der Waals surface area contributed by atoms with Crippen LogP contribution in [-0.4, -0.2) is 48.1 Å². The van der Waals surface area contributed by atoms with Crippen LogP contribution in [0.25, 0.3) is 0 Å². The lowest BCUT2D eigenvalue weighted by Gasteiger charge is -2.48. The van der Waals surface area contributed by atoms with Gasteiger partial charge in [-0.05, 0) is 44.7 Å². The predicted octanol–water partition coefficient (Wildman–Crippen LogP) is 2.59. The van der Waals surface area contributed by atoms with Crippen LogP contribution in [0.3, 0.4) is 0 Å². The highest BCUT2D eigenvalue weighted by Crippen LogP contribution is 2.23. The van der Waals surface area contributed by atoms with Gasteiger partial charge in [0.2, 0.25) is 0 Å². The van der Waals surface area contributed by atoms with Gasteiger partial charge in [-0.2, -0.15) is 11.8 Å². The standard InChI is InChI=1S/C13H28N2S/c1-5-12-10-15(8-7-9-16-4)13(3,6-2)11-14-12/h12,14H,5-11H2,1-4H3. The summed E-state index contributed by atoms with van der Waals surface area (Å²) in [7, 11) is 0. The first-order chi connectivity index (χ1) is 7.66. The van der Waals surface area contributed by atoms with Crippen molar-refractivity contribution in [2.24, 2.45) is 0 Å². The molecule has 0 aromatic heterocycles. The molecule has 0 radical (unpaired) electrons. The molecule has 96 valence electrons. The maximum absolute atomic E-state index is 3.68. The number of rotatable bonds is 6. The maximum Gasteiger partial charge on any atom is 0.0303 e. The van der Waals surface area contributed by atoms with Crippen LogP contribution in [0.1, 0.15) is 40.0 Å². The maximum atomic E-state index is 3.68. The lowest BCUT2D eigenvalue weighted by molar-refractivity contribution is 0.0486. The van der Waals surface area contributed by atoms with E-state index in [-0.39, 0.29) is 0 Å². The first-order valence-electron chi connectivity index (χ1n) is 6.63. The molecule has 1 N–H and O–H groups in total.